The zero-order valence-corrected chi connectivity index (χ0v) is 16.9. The van der Waals surface area contributed by atoms with Gasteiger partial charge in [-0.3, -0.25) is 0 Å². The van der Waals surface area contributed by atoms with Crippen LogP contribution in [0.1, 0.15) is 48.4 Å². The minimum atomic E-state index is -3.50. The molecule has 144 valence electrons. The first kappa shape index (κ1) is 18.4. The number of pyridine rings is 1. The van der Waals surface area contributed by atoms with Gasteiger partial charge in [-0.2, -0.15) is 4.31 Å². The third kappa shape index (κ3) is 3.48. The summed E-state index contributed by atoms with van der Waals surface area (Å²) in [5.74, 6) is 1.04. The van der Waals surface area contributed by atoms with Crippen molar-refractivity contribution >= 4 is 15.8 Å². The molecule has 2 aliphatic heterocycles. The number of rotatable bonds is 4. The van der Waals surface area contributed by atoms with Gasteiger partial charge in [0.1, 0.15) is 5.82 Å². The summed E-state index contributed by atoms with van der Waals surface area (Å²) in [6.45, 7) is 6.73. The van der Waals surface area contributed by atoms with Crippen LogP contribution in [-0.2, 0) is 10.0 Å². The van der Waals surface area contributed by atoms with E-state index in [1.807, 2.05) is 25.3 Å². The molecule has 3 heterocycles. The molecule has 5 nitrogen and oxygen atoms in total. The van der Waals surface area contributed by atoms with E-state index in [-0.39, 0.29) is 6.04 Å². The molecule has 1 aromatic carbocycles. The van der Waals surface area contributed by atoms with Crippen molar-refractivity contribution in [3.05, 3.63) is 53.2 Å². The molecule has 0 radical (unpaired) electrons. The lowest BCUT2D eigenvalue weighted by atomic mass is 10.1. The van der Waals surface area contributed by atoms with E-state index in [1.165, 1.54) is 12.8 Å². The van der Waals surface area contributed by atoms with Crippen molar-refractivity contribution in [2.24, 2.45) is 0 Å². The molecule has 0 spiro atoms. The molecule has 2 aliphatic rings. The first-order valence-electron chi connectivity index (χ1n) is 9.77. The number of nitrogens with zero attached hydrogens (tertiary/aromatic N) is 3. The fourth-order valence-electron chi connectivity index (χ4n) is 4.24. The van der Waals surface area contributed by atoms with E-state index in [0.29, 0.717) is 11.4 Å². The van der Waals surface area contributed by atoms with Gasteiger partial charge in [-0.25, -0.2) is 13.4 Å². The molecule has 27 heavy (non-hydrogen) atoms. The smallest absolute Gasteiger partial charge is 0.243 e. The molecule has 1 aromatic heterocycles. The van der Waals surface area contributed by atoms with Crippen molar-refractivity contribution in [1.29, 1.82) is 0 Å². The number of sulfonamides is 1. The van der Waals surface area contributed by atoms with Crippen LogP contribution < -0.4 is 4.90 Å². The second kappa shape index (κ2) is 7.24. The van der Waals surface area contributed by atoms with Gasteiger partial charge in [0.2, 0.25) is 10.0 Å². The van der Waals surface area contributed by atoms with Gasteiger partial charge < -0.3 is 4.90 Å². The molecule has 0 aliphatic carbocycles. The fourth-order valence-corrected chi connectivity index (χ4v) is 5.92. The summed E-state index contributed by atoms with van der Waals surface area (Å²) >= 11 is 0. The van der Waals surface area contributed by atoms with Gasteiger partial charge in [-0.1, -0.05) is 17.7 Å². The van der Waals surface area contributed by atoms with E-state index in [1.54, 1.807) is 16.4 Å². The molecule has 0 bridgehead atoms. The molecule has 1 atom stereocenters. The van der Waals surface area contributed by atoms with Gasteiger partial charge in [-0.05, 0) is 68.9 Å². The summed E-state index contributed by atoms with van der Waals surface area (Å²) in [4.78, 5) is 7.41. The Balaban J connectivity index is 1.63. The van der Waals surface area contributed by atoms with Gasteiger partial charge in [0.05, 0.1) is 10.9 Å². The molecule has 6 heteroatoms. The topological polar surface area (TPSA) is 53.5 Å². The Hall–Kier alpha value is -1.92. The molecule has 0 saturated carbocycles. The SMILES string of the molecule is Cc1ccc(S(=O)(=O)N2CCC[C@@H]2c2cnc(N3CCCC3)c(C)c2)cc1. The highest BCUT2D eigenvalue weighted by atomic mass is 32.2. The van der Waals surface area contributed by atoms with E-state index in [4.69, 9.17) is 4.98 Å². The van der Waals surface area contributed by atoms with E-state index in [9.17, 15) is 8.42 Å². The second-order valence-electron chi connectivity index (χ2n) is 7.69. The molecule has 2 aromatic rings. The predicted molar refractivity (Wildman–Crippen MR) is 107 cm³/mol. The highest BCUT2D eigenvalue weighted by Crippen LogP contribution is 2.37. The zero-order valence-electron chi connectivity index (χ0n) is 16.1. The average molecular weight is 386 g/mol. The van der Waals surface area contributed by atoms with Crippen molar-refractivity contribution in [2.45, 2.75) is 50.5 Å². The van der Waals surface area contributed by atoms with Gasteiger partial charge in [0.15, 0.2) is 0 Å². The predicted octanol–water partition coefficient (Wildman–Crippen LogP) is 3.82. The quantitative estimate of drug-likeness (QED) is 0.803. The zero-order chi connectivity index (χ0) is 19.0. The summed E-state index contributed by atoms with van der Waals surface area (Å²) in [5.41, 5.74) is 3.20. The fraction of sp³-hybridized carbons (Fsp3) is 0.476. The summed E-state index contributed by atoms with van der Waals surface area (Å²) in [6, 6.07) is 9.13. The molecule has 0 amide bonds. The molecular formula is C21H27N3O2S. The first-order chi connectivity index (χ1) is 13.0. The minimum Gasteiger partial charge on any atom is -0.356 e. The Morgan fingerprint density at radius 3 is 2.37 bits per heavy atom. The largest absolute Gasteiger partial charge is 0.356 e. The third-order valence-electron chi connectivity index (χ3n) is 5.69. The maximum absolute atomic E-state index is 13.2. The molecule has 0 unspecified atom stereocenters. The first-order valence-corrected chi connectivity index (χ1v) is 11.2. The van der Waals surface area contributed by atoms with E-state index in [0.717, 1.165) is 48.4 Å². The minimum absolute atomic E-state index is 0.130. The Morgan fingerprint density at radius 2 is 1.70 bits per heavy atom. The second-order valence-corrected chi connectivity index (χ2v) is 9.58. The van der Waals surface area contributed by atoms with Crippen molar-refractivity contribution in [2.75, 3.05) is 24.5 Å². The van der Waals surface area contributed by atoms with E-state index >= 15 is 0 Å². The highest BCUT2D eigenvalue weighted by Gasteiger charge is 2.36. The van der Waals surface area contributed by atoms with E-state index in [2.05, 4.69) is 17.9 Å². The molecule has 0 N–H and O–H groups in total. The van der Waals surface area contributed by atoms with Crippen LogP contribution in [-0.4, -0.2) is 37.3 Å². The molecule has 4 rings (SSSR count). The van der Waals surface area contributed by atoms with Crippen molar-refractivity contribution in [3.63, 3.8) is 0 Å². The Kier molecular flexibility index (Phi) is 4.95. The average Bonchev–Trinajstić information content (AvgIpc) is 3.34. The lowest BCUT2D eigenvalue weighted by Crippen LogP contribution is -2.31. The lowest BCUT2D eigenvalue weighted by Gasteiger charge is -2.26. The van der Waals surface area contributed by atoms with Crippen molar-refractivity contribution in [1.82, 2.24) is 9.29 Å². The Labute approximate surface area is 162 Å². The van der Waals surface area contributed by atoms with Gasteiger partial charge in [0, 0.05) is 25.8 Å². The maximum atomic E-state index is 13.2. The monoisotopic (exact) mass is 385 g/mol. The number of aryl methyl sites for hydroxylation is 2. The summed E-state index contributed by atoms with van der Waals surface area (Å²) in [5, 5.41) is 0. The van der Waals surface area contributed by atoms with Gasteiger partial charge >= 0.3 is 0 Å². The summed E-state index contributed by atoms with van der Waals surface area (Å²) in [6.07, 6.45) is 6.04. The number of hydrogen-bond donors (Lipinski definition) is 0. The Morgan fingerprint density at radius 1 is 1.00 bits per heavy atom. The van der Waals surface area contributed by atoms with Gasteiger partial charge in [0.25, 0.3) is 0 Å². The molecule has 2 saturated heterocycles. The number of benzene rings is 1. The number of hydrogen-bond acceptors (Lipinski definition) is 4. The molecular weight excluding hydrogens is 358 g/mol. The normalized spacial score (nSPS) is 21.1. The lowest BCUT2D eigenvalue weighted by molar-refractivity contribution is 0.396. The number of aromatic nitrogens is 1. The van der Waals surface area contributed by atoms with Crippen LogP contribution in [0.15, 0.2) is 41.4 Å². The summed E-state index contributed by atoms with van der Waals surface area (Å²) in [7, 11) is -3.50. The van der Waals surface area contributed by atoms with E-state index < -0.39 is 10.0 Å². The van der Waals surface area contributed by atoms with Crippen LogP contribution >= 0.6 is 0 Å². The van der Waals surface area contributed by atoms with Crippen LogP contribution in [0.3, 0.4) is 0 Å². The van der Waals surface area contributed by atoms with Crippen LogP contribution in [0, 0.1) is 13.8 Å². The van der Waals surface area contributed by atoms with Crippen molar-refractivity contribution in [3.8, 4) is 0 Å². The van der Waals surface area contributed by atoms with Crippen LogP contribution in [0.5, 0.6) is 0 Å². The van der Waals surface area contributed by atoms with Gasteiger partial charge in [-0.15, -0.1) is 0 Å². The Bertz CT molecular complexity index is 919. The standard InChI is InChI=1S/C21H27N3O2S/c1-16-7-9-19(10-8-16)27(25,26)24-13-5-6-20(24)18-14-17(2)21(22-15-18)23-11-3-4-12-23/h7-10,14-15,20H,3-6,11-13H2,1-2H3/t20-/m1/s1. The molecule has 2 fully saturated rings. The highest BCUT2D eigenvalue weighted by molar-refractivity contribution is 7.89. The van der Waals surface area contributed by atoms with Crippen LogP contribution in [0.4, 0.5) is 5.82 Å². The van der Waals surface area contributed by atoms with Crippen LogP contribution in [0.2, 0.25) is 0 Å². The number of anilines is 1. The van der Waals surface area contributed by atoms with Crippen LogP contribution in [0.25, 0.3) is 0 Å². The van der Waals surface area contributed by atoms with Crippen molar-refractivity contribution < 1.29 is 8.42 Å². The maximum Gasteiger partial charge on any atom is 0.243 e. The summed E-state index contributed by atoms with van der Waals surface area (Å²) < 4.78 is 28.0. The third-order valence-corrected chi connectivity index (χ3v) is 7.62.